The molecule has 0 fully saturated rings. The number of ether oxygens (including phenoxy) is 1. The number of nitro groups is 1. The summed E-state index contributed by atoms with van der Waals surface area (Å²) in [4.78, 5) is 28.3. The predicted octanol–water partition coefficient (Wildman–Crippen LogP) is 2.64. The molecule has 102 valence electrons. The maximum atomic E-state index is 10.8. The second kappa shape index (κ2) is 5.61. The fourth-order valence-electron chi connectivity index (χ4n) is 1.30. The van der Waals surface area contributed by atoms with E-state index in [1.54, 1.807) is 0 Å². The number of aromatic nitrogens is 2. The molecular weight excluding hydrogens is 334 g/mol. The van der Waals surface area contributed by atoms with Gasteiger partial charge in [0.05, 0.1) is 10.5 Å². The Morgan fingerprint density at radius 1 is 1.35 bits per heavy atom. The molecule has 1 N–H and O–H groups in total. The van der Waals surface area contributed by atoms with E-state index in [4.69, 9.17) is 9.84 Å². The maximum Gasteiger partial charge on any atom is 0.338 e. The maximum absolute atomic E-state index is 10.8. The lowest BCUT2D eigenvalue weighted by atomic mass is 10.3. The Morgan fingerprint density at radius 2 is 2.00 bits per heavy atom. The highest BCUT2D eigenvalue weighted by molar-refractivity contribution is 9.10. The minimum Gasteiger partial charge on any atom is -0.478 e. The van der Waals surface area contributed by atoms with Crippen molar-refractivity contribution in [3.63, 3.8) is 0 Å². The van der Waals surface area contributed by atoms with E-state index in [0.29, 0.717) is 0 Å². The van der Waals surface area contributed by atoms with Gasteiger partial charge in [0.2, 0.25) is 0 Å². The number of carboxylic acids is 1. The summed E-state index contributed by atoms with van der Waals surface area (Å²) in [6, 6.07) is 4.14. The third-order valence-electron chi connectivity index (χ3n) is 2.22. The van der Waals surface area contributed by atoms with E-state index in [1.807, 2.05) is 0 Å². The van der Waals surface area contributed by atoms with Gasteiger partial charge in [0, 0.05) is 18.5 Å². The number of hydrogen-bond donors (Lipinski definition) is 1. The highest BCUT2D eigenvalue weighted by atomic mass is 79.9. The Hall–Kier alpha value is -2.55. The van der Waals surface area contributed by atoms with Gasteiger partial charge in [0.15, 0.2) is 5.75 Å². The number of aromatic carboxylic acids is 1. The Bertz CT molecular complexity index is 674. The molecule has 1 heterocycles. The summed E-state index contributed by atoms with van der Waals surface area (Å²) in [5, 5.41) is 19.5. The second-order valence-electron chi connectivity index (χ2n) is 3.51. The van der Waals surface area contributed by atoms with Crippen LogP contribution in [0.15, 0.2) is 35.1 Å². The number of hydrogen-bond acceptors (Lipinski definition) is 6. The van der Waals surface area contributed by atoms with Gasteiger partial charge in [-0.2, -0.15) is 0 Å². The fraction of sp³-hybridized carbons (Fsp3) is 0. The SMILES string of the molecule is O=C(O)c1cnc(Oc2cccc([N+](=O)[O-])c2Br)nc1. The molecule has 9 heteroatoms. The standard InChI is InChI=1S/C11H6BrN3O5/c12-9-7(15(18)19)2-1-3-8(9)20-11-13-4-6(5-14-11)10(16)17/h1-5H,(H,16,17). The van der Waals surface area contributed by atoms with E-state index in [0.717, 1.165) is 12.4 Å². The fourth-order valence-corrected chi connectivity index (χ4v) is 1.79. The van der Waals surface area contributed by atoms with Crippen molar-refractivity contribution in [1.82, 2.24) is 9.97 Å². The molecule has 0 saturated heterocycles. The van der Waals surface area contributed by atoms with Gasteiger partial charge in [-0.3, -0.25) is 10.1 Å². The van der Waals surface area contributed by atoms with Crippen molar-refractivity contribution >= 4 is 27.6 Å². The lowest BCUT2D eigenvalue weighted by Gasteiger charge is -2.05. The number of carboxylic acid groups (broad SMARTS) is 1. The Kier molecular flexibility index (Phi) is 3.89. The van der Waals surface area contributed by atoms with Crippen LogP contribution in [0.1, 0.15) is 10.4 Å². The van der Waals surface area contributed by atoms with E-state index in [1.165, 1.54) is 18.2 Å². The summed E-state index contributed by atoms with van der Waals surface area (Å²) in [6.45, 7) is 0. The lowest BCUT2D eigenvalue weighted by molar-refractivity contribution is -0.385. The largest absolute Gasteiger partial charge is 0.478 e. The average Bonchev–Trinajstić information content (AvgIpc) is 2.41. The highest BCUT2D eigenvalue weighted by Crippen LogP contribution is 2.35. The minimum absolute atomic E-state index is 0.0875. The predicted molar refractivity (Wildman–Crippen MR) is 69.9 cm³/mol. The van der Waals surface area contributed by atoms with Crippen molar-refractivity contribution in [3.05, 3.63) is 50.7 Å². The summed E-state index contributed by atoms with van der Waals surface area (Å²) < 4.78 is 5.42. The molecule has 20 heavy (non-hydrogen) atoms. The van der Waals surface area contributed by atoms with Crippen LogP contribution >= 0.6 is 15.9 Å². The van der Waals surface area contributed by atoms with Crippen LogP contribution in [0.3, 0.4) is 0 Å². The zero-order valence-corrected chi connectivity index (χ0v) is 11.3. The van der Waals surface area contributed by atoms with Crippen LogP contribution in [0.25, 0.3) is 0 Å². The summed E-state index contributed by atoms with van der Waals surface area (Å²) in [5.74, 6) is -1.00. The van der Waals surface area contributed by atoms with Crippen molar-refractivity contribution in [2.75, 3.05) is 0 Å². The van der Waals surface area contributed by atoms with Crippen LogP contribution in [0, 0.1) is 10.1 Å². The van der Waals surface area contributed by atoms with Crippen molar-refractivity contribution in [3.8, 4) is 11.8 Å². The van der Waals surface area contributed by atoms with Gasteiger partial charge >= 0.3 is 12.0 Å². The van der Waals surface area contributed by atoms with Gasteiger partial charge in [-0.25, -0.2) is 14.8 Å². The quantitative estimate of drug-likeness (QED) is 0.672. The van der Waals surface area contributed by atoms with Gasteiger partial charge < -0.3 is 9.84 Å². The number of nitrogens with zero attached hydrogens (tertiary/aromatic N) is 3. The topological polar surface area (TPSA) is 115 Å². The molecule has 1 aromatic carbocycles. The summed E-state index contributed by atoms with van der Waals surface area (Å²) in [7, 11) is 0. The zero-order valence-electron chi connectivity index (χ0n) is 9.69. The first-order valence-corrected chi connectivity index (χ1v) is 5.94. The monoisotopic (exact) mass is 339 g/mol. The van der Waals surface area contributed by atoms with Gasteiger partial charge in [-0.15, -0.1) is 0 Å². The number of benzene rings is 1. The van der Waals surface area contributed by atoms with Gasteiger partial charge in [-0.1, -0.05) is 6.07 Å². The van der Waals surface area contributed by atoms with Crippen molar-refractivity contribution in [1.29, 1.82) is 0 Å². The molecule has 8 nitrogen and oxygen atoms in total. The third kappa shape index (κ3) is 2.88. The Morgan fingerprint density at radius 3 is 2.55 bits per heavy atom. The number of nitro benzene ring substituents is 1. The van der Waals surface area contributed by atoms with Crippen molar-refractivity contribution < 1.29 is 19.6 Å². The van der Waals surface area contributed by atoms with Crippen LogP contribution in [-0.4, -0.2) is 26.0 Å². The Labute approximate surface area is 120 Å². The normalized spacial score (nSPS) is 10.1. The molecule has 0 unspecified atom stereocenters. The molecule has 0 spiro atoms. The molecule has 0 saturated carbocycles. The van der Waals surface area contributed by atoms with Gasteiger partial charge in [-0.05, 0) is 22.0 Å². The molecule has 2 aromatic rings. The molecule has 0 radical (unpaired) electrons. The second-order valence-corrected chi connectivity index (χ2v) is 4.30. The lowest BCUT2D eigenvalue weighted by Crippen LogP contribution is -2.00. The van der Waals surface area contributed by atoms with Crippen LogP contribution in [0.2, 0.25) is 0 Å². The first kappa shape index (κ1) is 13.9. The van der Waals surface area contributed by atoms with Crippen molar-refractivity contribution in [2.45, 2.75) is 0 Å². The molecule has 2 rings (SSSR count). The van der Waals surface area contributed by atoms with Gasteiger partial charge in [0.1, 0.15) is 4.47 Å². The number of halogens is 1. The van der Waals surface area contributed by atoms with E-state index in [9.17, 15) is 14.9 Å². The van der Waals surface area contributed by atoms with E-state index in [2.05, 4.69) is 25.9 Å². The summed E-state index contributed by atoms with van der Waals surface area (Å²) in [5.41, 5.74) is -0.250. The van der Waals surface area contributed by atoms with Crippen molar-refractivity contribution in [2.24, 2.45) is 0 Å². The van der Waals surface area contributed by atoms with Crippen LogP contribution < -0.4 is 4.74 Å². The Balaban J connectivity index is 2.28. The molecule has 1 aromatic heterocycles. The first-order valence-electron chi connectivity index (χ1n) is 5.15. The molecule has 0 aliphatic carbocycles. The van der Waals surface area contributed by atoms with Crippen LogP contribution in [0.5, 0.6) is 11.8 Å². The summed E-state index contributed by atoms with van der Waals surface area (Å²) >= 11 is 3.06. The molecule has 0 aliphatic heterocycles. The van der Waals surface area contributed by atoms with E-state index in [-0.39, 0.29) is 27.5 Å². The number of carbonyl (C=O) groups is 1. The van der Waals surface area contributed by atoms with Crippen LogP contribution in [-0.2, 0) is 0 Å². The zero-order chi connectivity index (χ0) is 14.7. The van der Waals surface area contributed by atoms with E-state index < -0.39 is 10.9 Å². The van der Waals surface area contributed by atoms with E-state index >= 15 is 0 Å². The molecule has 0 bridgehead atoms. The van der Waals surface area contributed by atoms with Crippen LogP contribution in [0.4, 0.5) is 5.69 Å². The smallest absolute Gasteiger partial charge is 0.338 e. The third-order valence-corrected chi connectivity index (χ3v) is 3.01. The number of rotatable bonds is 4. The average molecular weight is 340 g/mol. The minimum atomic E-state index is -1.16. The summed E-state index contributed by atoms with van der Waals surface area (Å²) in [6.07, 6.45) is 2.16. The van der Waals surface area contributed by atoms with Gasteiger partial charge in [0.25, 0.3) is 5.69 Å². The molecule has 0 atom stereocenters. The first-order chi connectivity index (χ1) is 9.49. The molecule has 0 amide bonds. The molecular formula is C11H6BrN3O5. The molecule has 0 aliphatic rings. The highest BCUT2D eigenvalue weighted by Gasteiger charge is 2.17.